The summed E-state index contributed by atoms with van der Waals surface area (Å²) in [5.74, 6) is 0.759. The highest BCUT2D eigenvalue weighted by Crippen LogP contribution is 2.54. The Hall–Kier alpha value is -0.570. The Kier molecular flexibility index (Phi) is 3.29. The molecule has 2 aliphatic carbocycles. The number of carbonyl (C=O) groups excluding carboxylic acids is 1. The highest BCUT2D eigenvalue weighted by molar-refractivity contribution is 5.69. The summed E-state index contributed by atoms with van der Waals surface area (Å²) < 4.78 is 5.30. The van der Waals surface area contributed by atoms with Crippen molar-refractivity contribution in [2.75, 3.05) is 13.2 Å². The first-order valence-electron chi connectivity index (χ1n) is 6.01. The maximum Gasteiger partial charge on any atom is 0.305 e. The number of carbonyl (C=O) groups is 1. The quantitative estimate of drug-likeness (QED) is 0.708. The Morgan fingerprint density at radius 2 is 2.13 bits per heavy atom. The standard InChI is InChI=1S/C12H20O3/c13-7-1-2-11(14)15-9-12-5-3-10(8-12)4-6-12/h10,13H,1-9H2. The van der Waals surface area contributed by atoms with E-state index >= 15 is 0 Å². The first-order valence-corrected chi connectivity index (χ1v) is 6.01. The van der Waals surface area contributed by atoms with Gasteiger partial charge in [0.05, 0.1) is 6.61 Å². The van der Waals surface area contributed by atoms with Crippen molar-refractivity contribution in [2.45, 2.75) is 44.9 Å². The molecule has 86 valence electrons. The molecule has 0 spiro atoms. The second kappa shape index (κ2) is 4.52. The smallest absolute Gasteiger partial charge is 0.305 e. The summed E-state index contributed by atoms with van der Waals surface area (Å²) in [5, 5.41) is 8.59. The maximum atomic E-state index is 11.3. The topological polar surface area (TPSA) is 46.5 Å². The SMILES string of the molecule is O=C(CCCO)OCC12CCC(CC1)C2. The second-order valence-corrected chi connectivity index (χ2v) is 5.14. The Morgan fingerprint density at radius 3 is 2.67 bits per heavy atom. The zero-order chi connectivity index (χ0) is 10.7. The van der Waals surface area contributed by atoms with Crippen LogP contribution in [0.15, 0.2) is 0 Å². The number of hydrogen-bond acceptors (Lipinski definition) is 3. The van der Waals surface area contributed by atoms with Crippen LogP contribution in [0.3, 0.4) is 0 Å². The third-order valence-corrected chi connectivity index (χ3v) is 3.97. The lowest BCUT2D eigenvalue weighted by molar-refractivity contribution is -0.147. The lowest BCUT2D eigenvalue weighted by atomic mass is 9.85. The van der Waals surface area contributed by atoms with Gasteiger partial charge in [-0.25, -0.2) is 0 Å². The lowest BCUT2D eigenvalue weighted by Gasteiger charge is -2.25. The average Bonchev–Trinajstić information content (AvgIpc) is 2.84. The van der Waals surface area contributed by atoms with Gasteiger partial charge >= 0.3 is 5.97 Å². The fraction of sp³-hybridized carbons (Fsp3) is 0.917. The Morgan fingerprint density at radius 1 is 1.40 bits per heavy atom. The highest BCUT2D eigenvalue weighted by Gasteiger charge is 2.45. The van der Waals surface area contributed by atoms with Gasteiger partial charge in [-0.05, 0) is 44.4 Å². The minimum Gasteiger partial charge on any atom is -0.465 e. The Balaban J connectivity index is 1.71. The zero-order valence-corrected chi connectivity index (χ0v) is 9.21. The summed E-state index contributed by atoms with van der Waals surface area (Å²) in [6, 6.07) is 0. The van der Waals surface area contributed by atoms with E-state index in [1.165, 1.54) is 32.1 Å². The second-order valence-electron chi connectivity index (χ2n) is 5.14. The minimum atomic E-state index is -0.145. The summed E-state index contributed by atoms with van der Waals surface area (Å²) in [4.78, 5) is 11.3. The molecule has 2 bridgehead atoms. The molecule has 2 aliphatic rings. The molecule has 0 radical (unpaired) electrons. The molecule has 1 N–H and O–H groups in total. The van der Waals surface area contributed by atoms with Gasteiger partial charge in [-0.3, -0.25) is 4.79 Å². The number of fused-ring (bicyclic) bond motifs is 2. The molecule has 0 aromatic carbocycles. The van der Waals surface area contributed by atoms with Crippen molar-refractivity contribution >= 4 is 5.97 Å². The van der Waals surface area contributed by atoms with Gasteiger partial charge in [0.1, 0.15) is 0 Å². The van der Waals surface area contributed by atoms with Gasteiger partial charge in [0, 0.05) is 18.4 Å². The zero-order valence-electron chi connectivity index (χ0n) is 9.21. The van der Waals surface area contributed by atoms with Gasteiger partial charge < -0.3 is 9.84 Å². The van der Waals surface area contributed by atoms with E-state index in [2.05, 4.69) is 0 Å². The number of esters is 1. The van der Waals surface area contributed by atoms with E-state index in [1.807, 2.05) is 0 Å². The Bertz CT molecular complexity index is 229. The van der Waals surface area contributed by atoms with Crippen LogP contribution in [0.1, 0.15) is 44.9 Å². The molecule has 0 unspecified atom stereocenters. The minimum absolute atomic E-state index is 0.0717. The molecule has 0 atom stereocenters. The molecule has 15 heavy (non-hydrogen) atoms. The van der Waals surface area contributed by atoms with Crippen LogP contribution < -0.4 is 0 Å². The van der Waals surface area contributed by atoms with E-state index in [9.17, 15) is 4.79 Å². The van der Waals surface area contributed by atoms with Crippen molar-refractivity contribution in [1.82, 2.24) is 0 Å². The van der Waals surface area contributed by atoms with Crippen LogP contribution in [0.2, 0.25) is 0 Å². The van der Waals surface area contributed by atoms with Crippen molar-refractivity contribution in [3.63, 3.8) is 0 Å². The molecule has 0 saturated heterocycles. The van der Waals surface area contributed by atoms with Gasteiger partial charge in [-0.15, -0.1) is 0 Å². The van der Waals surface area contributed by atoms with E-state index < -0.39 is 0 Å². The molecular weight excluding hydrogens is 192 g/mol. The fourth-order valence-corrected chi connectivity index (χ4v) is 3.04. The van der Waals surface area contributed by atoms with Crippen LogP contribution in [0, 0.1) is 11.3 Å². The van der Waals surface area contributed by atoms with Gasteiger partial charge in [0.15, 0.2) is 0 Å². The van der Waals surface area contributed by atoms with E-state index in [-0.39, 0.29) is 12.6 Å². The molecule has 0 aromatic heterocycles. The van der Waals surface area contributed by atoms with E-state index in [4.69, 9.17) is 9.84 Å². The van der Waals surface area contributed by atoms with Crippen LogP contribution in [-0.4, -0.2) is 24.3 Å². The average molecular weight is 212 g/mol. The summed E-state index contributed by atoms with van der Waals surface area (Å²) in [5.41, 5.74) is 0.333. The molecule has 2 rings (SSSR count). The number of aliphatic hydroxyl groups is 1. The Labute approximate surface area is 90.8 Å². The summed E-state index contributed by atoms with van der Waals surface area (Å²) in [7, 11) is 0. The molecule has 3 nitrogen and oxygen atoms in total. The first-order chi connectivity index (χ1) is 7.24. The third kappa shape index (κ3) is 2.51. The van der Waals surface area contributed by atoms with E-state index in [0.717, 1.165) is 5.92 Å². The highest BCUT2D eigenvalue weighted by atomic mass is 16.5. The van der Waals surface area contributed by atoms with Gasteiger partial charge in [0.2, 0.25) is 0 Å². The van der Waals surface area contributed by atoms with Gasteiger partial charge in [0.25, 0.3) is 0 Å². The van der Waals surface area contributed by atoms with Crippen molar-refractivity contribution < 1.29 is 14.6 Å². The maximum absolute atomic E-state index is 11.3. The monoisotopic (exact) mass is 212 g/mol. The van der Waals surface area contributed by atoms with E-state index in [0.29, 0.717) is 24.9 Å². The normalized spacial score (nSPS) is 33.3. The van der Waals surface area contributed by atoms with Gasteiger partial charge in [-0.2, -0.15) is 0 Å². The largest absolute Gasteiger partial charge is 0.465 e. The van der Waals surface area contributed by atoms with Crippen LogP contribution in [0.5, 0.6) is 0 Å². The van der Waals surface area contributed by atoms with Crippen molar-refractivity contribution in [3.05, 3.63) is 0 Å². The molecule has 0 aliphatic heterocycles. The summed E-state index contributed by atoms with van der Waals surface area (Å²) in [6.45, 7) is 0.691. The molecule has 3 heteroatoms. The van der Waals surface area contributed by atoms with E-state index in [1.54, 1.807) is 0 Å². The number of hydrogen-bond donors (Lipinski definition) is 1. The van der Waals surface area contributed by atoms with Crippen LogP contribution >= 0.6 is 0 Å². The summed E-state index contributed by atoms with van der Waals surface area (Å²) in [6.07, 6.45) is 7.28. The van der Waals surface area contributed by atoms with Crippen molar-refractivity contribution in [3.8, 4) is 0 Å². The molecule has 2 saturated carbocycles. The molecule has 0 amide bonds. The van der Waals surface area contributed by atoms with Crippen LogP contribution in [-0.2, 0) is 9.53 Å². The molecular formula is C12H20O3. The predicted octanol–water partition coefficient (Wildman–Crippen LogP) is 1.88. The molecule has 0 aromatic rings. The fourth-order valence-electron chi connectivity index (χ4n) is 3.04. The predicted molar refractivity (Wildman–Crippen MR) is 56.3 cm³/mol. The molecule has 2 fully saturated rings. The summed E-state index contributed by atoms with van der Waals surface area (Å²) >= 11 is 0. The van der Waals surface area contributed by atoms with Crippen LogP contribution in [0.4, 0.5) is 0 Å². The number of ether oxygens (including phenoxy) is 1. The lowest BCUT2D eigenvalue weighted by Crippen LogP contribution is -2.23. The van der Waals surface area contributed by atoms with Gasteiger partial charge in [-0.1, -0.05) is 0 Å². The third-order valence-electron chi connectivity index (χ3n) is 3.97. The number of aliphatic hydroxyl groups excluding tert-OH is 1. The van der Waals surface area contributed by atoms with Crippen LogP contribution in [0.25, 0.3) is 0 Å². The van der Waals surface area contributed by atoms with Crippen molar-refractivity contribution in [2.24, 2.45) is 11.3 Å². The first kappa shape index (κ1) is 10.9. The molecule has 0 heterocycles. The van der Waals surface area contributed by atoms with Crippen molar-refractivity contribution in [1.29, 1.82) is 0 Å². The number of rotatable bonds is 5.